The number of imidazole rings is 2. The number of carbonyl (C=O) groups excluding carboxylic acids is 2. The number of thiazole rings is 2. The number of ketones is 2. The molecule has 2 atom stereocenters. The van der Waals surface area contributed by atoms with Crippen molar-refractivity contribution in [3.63, 3.8) is 0 Å². The number of anilines is 5. The van der Waals surface area contributed by atoms with Gasteiger partial charge in [-0.3, -0.25) is 14.0 Å². The highest BCUT2D eigenvalue weighted by Gasteiger charge is 2.31. The molecule has 0 fully saturated rings. The Hall–Kier alpha value is -6.74. The van der Waals surface area contributed by atoms with Crippen LogP contribution in [-0.4, -0.2) is 63.4 Å². The molecule has 0 radical (unpaired) electrons. The highest BCUT2D eigenvalue weighted by Crippen LogP contribution is 2.35. The summed E-state index contributed by atoms with van der Waals surface area (Å²) in [7, 11) is 0. The zero-order valence-electron chi connectivity index (χ0n) is 37.6. The van der Waals surface area contributed by atoms with Gasteiger partial charge in [0.2, 0.25) is 0 Å². The number of carbonyl (C=O) groups is 2. The Bertz CT molecular complexity index is 2980. The van der Waals surface area contributed by atoms with Gasteiger partial charge in [-0.05, 0) is 68.8 Å². The van der Waals surface area contributed by atoms with Gasteiger partial charge in [-0.25, -0.2) is 29.9 Å². The summed E-state index contributed by atoms with van der Waals surface area (Å²) in [5.74, 6) is 0.423. The number of nitrogens with zero attached hydrogens (tertiary/aromatic N) is 9. The molecule has 13 nitrogen and oxygen atoms in total. The van der Waals surface area contributed by atoms with Gasteiger partial charge in [0.05, 0.1) is 52.1 Å². The van der Waals surface area contributed by atoms with Crippen LogP contribution >= 0.6 is 22.7 Å². The molecule has 372 valence electrons. The summed E-state index contributed by atoms with van der Waals surface area (Å²) in [4.78, 5) is 54.0. The number of hydrogen-bond donors (Lipinski definition) is 2. The lowest BCUT2D eigenvalue weighted by molar-refractivity contribution is -0.138. The Morgan fingerprint density at radius 2 is 1.03 bits per heavy atom. The number of alkyl halides is 6. The van der Waals surface area contributed by atoms with Gasteiger partial charge in [0, 0.05) is 73.4 Å². The van der Waals surface area contributed by atoms with Crippen LogP contribution in [0.15, 0.2) is 98.1 Å². The van der Waals surface area contributed by atoms with E-state index in [0.717, 1.165) is 71.7 Å². The lowest BCUT2D eigenvalue weighted by Crippen LogP contribution is -2.23. The quantitative estimate of drug-likeness (QED) is 0.0663. The Morgan fingerprint density at radius 3 is 1.46 bits per heavy atom. The van der Waals surface area contributed by atoms with E-state index in [1.807, 2.05) is 22.6 Å². The lowest BCUT2D eigenvalue weighted by atomic mass is 10.0. The maximum absolute atomic E-state index is 13.0. The largest absolute Gasteiger partial charge is 0.416 e. The number of benzene rings is 2. The monoisotopic (exact) mass is 1010 g/mol. The summed E-state index contributed by atoms with van der Waals surface area (Å²) in [6, 6.07) is 9.62. The summed E-state index contributed by atoms with van der Waals surface area (Å²) < 4.78 is 80.2. The number of hydrogen-bond acceptors (Lipinski definition) is 13. The third-order valence-electron chi connectivity index (χ3n) is 10.8. The molecule has 0 amide bonds. The first-order valence-corrected chi connectivity index (χ1v) is 23.3. The number of rotatable bonds is 17. The SMILES string of the molecule is C.C.CCCc1cnc2cnc(C(=O)CC(C)c3ncc(Nc4ccc(C(F)(F)F)cc4)s3)cn12.CCN(CC)c1cnc2cnc(C(=O)CC(C)c3ncc(Nc4ccc(C(F)(F)F)cc4)s3)cn12. The van der Waals surface area contributed by atoms with E-state index in [-0.39, 0.29) is 51.1 Å². The summed E-state index contributed by atoms with van der Waals surface area (Å²) in [6.45, 7) is 11.7. The van der Waals surface area contributed by atoms with E-state index in [4.69, 9.17) is 0 Å². The van der Waals surface area contributed by atoms with Gasteiger partial charge in [-0.15, -0.1) is 22.7 Å². The van der Waals surface area contributed by atoms with Crippen LogP contribution in [0.1, 0.15) is 128 Å². The van der Waals surface area contributed by atoms with Crippen LogP contribution in [0.2, 0.25) is 0 Å². The number of fused-ring (bicyclic) bond motifs is 2. The Balaban J connectivity index is 0.000000254. The molecule has 8 rings (SSSR count). The second-order valence-corrected chi connectivity index (χ2v) is 18.0. The average Bonchev–Trinajstić information content (AvgIpc) is 4.15. The fourth-order valence-corrected chi connectivity index (χ4v) is 8.96. The van der Waals surface area contributed by atoms with Gasteiger partial charge in [-0.1, -0.05) is 42.0 Å². The maximum atomic E-state index is 13.0. The van der Waals surface area contributed by atoms with Crippen LogP contribution in [0, 0.1) is 0 Å². The zero-order chi connectivity index (χ0) is 48.8. The van der Waals surface area contributed by atoms with Gasteiger partial charge in [0.1, 0.15) is 27.2 Å². The molecule has 0 spiro atoms. The summed E-state index contributed by atoms with van der Waals surface area (Å²) in [5.41, 5.74) is 2.82. The first-order valence-electron chi connectivity index (χ1n) is 21.7. The molecule has 0 aliphatic carbocycles. The van der Waals surface area contributed by atoms with Crippen molar-refractivity contribution in [2.75, 3.05) is 28.6 Å². The number of aryl methyl sites for hydroxylation is 1. The van der Waals surface area contributed by atoms with Crippen LogP contribution < -0.4 is 15.5 Å². The fourth-order valence-electron chi connectivity index (χ4n) is 7.18. The first-order chi connectivity index (χ1) is 32.4. The number of nitrogens with one attached hydrogen (secondary N) is 2. The molecule has 0 bridgehead atoms. The minimum atomic E-state index is -4.37. The topological polar surface area (TPSA) is 148 Å². The van der Waals surface area contributed by atoms with Gasteiger partial charge < -0.3 is 19.9 Å². The van der Waals surface area contributed by atoms with Crippen molar-refractivity contribution in [1.29, 1.82) is 0 Å². The summed E-state index contributed by atoms with van der Waals surface area (Å²) in [5, 5.41) is 9.00. The van der Waals surface area contributed by atoms with Crippen LogP contribution in [0.4, 0.5) is 53.5 Å². The number of aromatic nitrogens is 8. The first kappa shape index (κ1) is 54.2. The average molecular weight is 1010 g/mol. The molecule has 0 saturated carbocycles. The van der Waals surface area contributed by atoms with E-state index in [9.17, 15) is 35.9 Å². The molecule has 6 heterocycles. The third kappa shape index (κ3) is 13.1. The number of Topliss-reactive ketones (excluding diaryl/α,β-unsaturated/α-hetero) is 2. The molecular formula is C49H55F6N11O2S2. The van der Waals surface area contributed by atoms with Crippen molar-refractivity contribution in [3.05, 3.63) is 136 Å². The molecule has 6 aromatic heterocycles. The van der Waals surface area contributed by atoms with Crippen LogP contribution in [0.5, 0.6) is 0 Å². The van der Waals surface area contributed by atoms with Crippen molar-refractivity contribution < 1.29 is 35.9 Å². The van der Waals surface area contributed by atoms with Crippen molar-refractivity contribution >= 4 is 72.7 Å². The van der Waals surface area contributed by atoms with Crippen LogP contribution in [-0.2, 0) is 18.8 Å². The summed E-state index contributed by atoms with van der Waals surface area (Å²) >= 11 is 2.72. The van der Waals surface area contributed by atoms with Crippen molar-refractivity contribution in [2.24, 2.45) is 0 Å². The van der Waals surface area contributed by atoms with Gasteiger partial charge >= 0.3 is 12.4 Å². The zero-order valence-corrected chi connectivity index (χ0v) is 39.2. The second kappa shape index (κ2) is 23.2. The Morgan fingerprint density at radius 1 is 0.600 bits per heavy atom. The third-order valence-corrected chi connectivity index (χ3v) is 13.1. The van der Waals surface area contributed by atoms with E-state index in [1.165, 1.54) is 46.9 Å². The fraction of sp³-hybridized carbons (Fsp3) is 0.347. The minimum Gasteiger partial charge on any atom is -0.357 e. The molecule has 2 N–H and O–H groups in total. The van der Waals surface area contributed by atoms with E-state index in [1.54, 1.807) is 49.6 Å². The molecule has 21 heteroatoms. The van der Waals surface area contributed by atoms with Gasteiger partial charge in [0.15, 0.2) is 22.9 Å². The molecule has 0 saturated heterocycles. The van der Waals surface area contributed by atoms with Crippen molar-refractivity contribution in [2.45, 2.75) is 99.3 Å². The summed E-state index contributed by atoms with van der Waals surface area (Å²) in [6.07, 6.45) is 7.04. The predicted molar refractivity (Wildman–Crippen MR) is 265 cm³/mol. The number of halogens is 6. The highest BCUT2D eigenvalue weighted by atomic mass is 32.1. The van der Waals surface area contributed by atoms with E-state index in [0.29, 0.717) is 44.1 Å². The standard InChI is InChI=1S/C24H25F3N6OS.C23H22F3N5OS.2CH4/c1-4-32(5-2)22-13-29-20-11-28-18(14-33(20)22)19(34)10-15(3)23-30-12-21(35-23)31-17-8-6-16(7-9-17)24(25,26)27;1-3-4-17-10-28-20-11-27-18(13-31(17)20)19(32)9-14(2)22-29-12-21(33-22)30-16-7-5-15(6-8-16)23(24,25)26;;/h6-9,11-15,31H,4-5,10H2,1-3H3;5-8,10-14,30H,3-4,9H2,1-2H3;2*1H4. The molecule has 8 aromatic rings. The van der Waals surface area contributed by atoms with E-state index >= 15 is 0 Å². The molecule has 70 heavy (non-hydrogen) atoms. The molecule has 0 aliphatic rings. The van der Waals surface area contributed by atoms with Gasteiger partial charge in [0.25, 0.3) is 0 Å². The smallest absolute Gasteiger partial charge is 0.357 e. The molecule has 2 unspecified atom stereocenters. The van der Waals surface area contributed by atoms with Crippen molar-refractivity contribution in [3.8, 4) is 0 Å². The van der Waals surface area contributed by atoms with Gasteiger partial charge in [-0.2, -0.15) is 26.3 Å². The second-order valence-electron chi connectivity index (χ2n) is 15.9. The van der Waals surface area contributed by atoms with E-state index in [2.05, 4.69) is 66.2 Å². The van der Waals surface area contributed by atoms with Crippen LogP contribution in [0.3, 0.4) is 0 Å². The van der Waals surface area contributed by atoms with E-state index < -0.39 is 23.5 Å². The Kier molecular flexibility index (Phi) is 18.0. The molecule has 0 aliphatic heterocycles. The lowest BCUT2D eigenvalue weighted by Gasteiger charge is -2.19. The Labute approximate surface area is 410 Å². The molecular weight excluding hydrogens is 953 g/mol. The van der Waals surface area contributed by atoms with Crippen molar-refractivity contribution in [1.82, 2.24) is 38.7 Å². The predicted octanol–water partition coefficient (Wildman–Crippen LogP) is 13.7. The van der Waals surface area contributed by atoms with Crippen LogP contribution in [0.25, 0.3) is 11.3 Å². The molecule has 2 aromatic carbocycles. The highest BCUT2D eigenvalue weighted by molar-refractivity contribution is 7.16. The maximum Gasteiger partial charge on any atom is 0.416 e. The minimum absolute atomic E-state index is 0. The normalized spacial score (nSPS) is 12.3.